The predicted molar refractivity (Wildman–Crippen MR) is 44.4 cm³/mol. The summed E-state index contributed by atoms with van der Waals surface area (Å²) in [6.45, 7) is 1.31. The third kappa shape index (κ3) is 1.40. The summed E-state index contributed by atoms with van der Waals surface area (Å²) in [5.74, 6) is -1.26. The van der Waals surface area contributed by atoms with Crippen molar-refractivity contribution in [1.82, 2.24) is 0 Å². The fourth-order valence-corrected chi connectivity index (χ4v) is 2.49. The van der Waals surface area contributed by atoms with Crippen LogP contribution in [-0.2, 0) is 29.9 Å². The Hall–Kier alpha value is -0.750. The minimum atomic E-state index is -1.87. The standard InChI is InChI=1S/C7H10O5S/c1-5(8)7(6(9)11-2)12-3-4-13(7)10/h3-4H2,1-2H3/t7-,13?/m1/s1. The zero-order valence-corrected chi connectivity index (χ0v) is 8.18. The maximum atomic E-state index is 11.4. The highest BCUT2D eigenvalue weighted by molar-refractivity contribution is 7.88. The maximum absolute atomic E-state index is 11.4. The zero-order chi connectivity index (χ0) is 10.1. The lowest BCUT2D eigenvalue weighted by Crippen LogP contribution is -2.48. The van der Waals surface area contributed by atoms with Crippen LogP contribution >= 0.6 is 0 Å². The van der Waals surface area contributed by atoms with E-state index < -0.39 is 27.5 Å². The molecule has 0 bridgehead atoms. The van der Waals surface area contributed by atoms with Gasteiger partial charge in [0, 0.05) is 0 Å². The summed E-state index contributed by atoms with van der Waals surface area (Å²) >= 11 is 0. The van der Waals surface area contributed by atoms with Gasteiger partial charge in [0.05, 0.1) is 30.3 Å². The molecular formula is C7H10O5S. The monoisotopic (exact) mass is 206 g/mol. The Morgan fingerprint density at radius 2 is 2.15 bits per heavy atom. The van der Waals surface area contributed by atoms with Gasteiger partial charge in [0.2, 0.25) is 0 Å². The number of Topliss-reactive ketones (excluding diaryl/α,β-unsaturated/α-hetero) is 1. The number of rotatable bonds is 2. The first-order valence-electron chi connectivity index (χ1n) is 3.67. The molecule has 1 fully saturated rings. The molecule has 0 spiro atoms. The molecule has 0 aromatic rings. The Morgan fingerprint density at radius 1 is 1.54 bits per heavy atom. The highest BCUT2D eigenvalue weighted by Crippen LogP contribution is 2.25. The van der Waals surface area contributed by atoms with Gasteiger partial charge in [-0.1, -0.05) is 0 Å². The van der Waals surface area contributed by atoms with E-state index in [0.717, 1.165) is 7.11 Å². The fraction of sp³-hybridized carbons (Fsp3) is 0.714. The van der Waals surface area contributed by atoms with Crippen LogP contribution in [0.3, 0.4) is 0 Å². The van der Waals surface area contributed by atoms with Crippen molar-refractivity contribution < 1.29 is 23.3 Å². The van der Waals surface area contributed by atoms with Gasteiger partial charge in [-0.2, -0.15) is 0 Å². The van der Waals surface area contributed by atoms with E-state index in [1.807, 2.05) is 0 Å². The van der Waals surface area contributed by atoms with Crippen LogP contribution in [-0.4, -0.2) is 40.4 Å². The number of methoxy groups -OCH3 is 1. The van der Waals surface area contributed by atoms with Gasteiger partial charge in [-0.25, -0.2) is 4.79 Å². The zero-order valence-electron chi connectivity index (χ0n) is 7.36. The van der Waals surface area contributed by atoms with Crippen LogP contribution in [0.15, 0.2) is 0 Å². The second-order valence-corrected chi connectivity index (χ2v) is 4.24. The quantitative estimate of drug-likeness (QED) is 0.438. The first kappa shape index (κ1) is 10.3. The third-order valence-corrected chi connectivity index (χ3v) is 3.56. The maximum Gasteiger partial charge on any atom is 0.359 e. The third-order valence-electron chi connectivity index (χ3n) is 1.81. The molecule has 0 radical (unpaired) electrons. The molecule has 13 heavy (non-hydrogen) atoms. The van der Waals surface area contributed by atoms with Crippen LogP contribution < -0.4 is 0 Å². The Morgan fingerprint density at radius 3 is 2.46 bits per heavy atom. The van der Waals surface area contributed by atoms with Crippen molar-refractivity contribution in [3.8, 4) is 0 Å². The first-order valence-corrected chi connectivity index (χ1v) is 4.99. The van der Waals surface area contributed by atoms with Crippen molar-refractivity contribution in [2.24, 2.45) is 0 Å². The van der Waals surface area contributed by atoms with Gasteiger partial charge in [0.1, 0.15) is 0 Å². The number of ketones is 1. The second kappa shape index (κ2) is 3.55. The number of esters is 1. The number of ether oxygens (including phenoxy) is 2. The van der Waals surface area contributed by atoms with E-state index >= 15 is 0 Å². The summed E-state index contributed by atoms with van der Waals surface area (Å²) in [6.07, 6.45) is 0. The molecule has 0 amide bonds. The van der Waals surface area contributed by atoms with Crippen LogP contribution in [0.25, 0.3) is 0 Å². The molecule has 5 nitrogen and oxygen atoms in total. The molecule has 1 saturated heterocycles. The van der Waals surface area contributed by atoms with E-state index in [2.05, 4.69) is 4.74 Å². The Labute approximate surface area is 77.8 Å². The van der Waals surface area contributed by atoms with Crippen LogP contribution in [0.4, 0.5) is 0 Å². The topological polar surface area (TPSA) is 69.7 Å². The van der Waals surface area contributed by atoms with Gasteiger partial charge in [0.25, 0.3) is 4.93 Å². The number of carbonyl (C=O) groups is 2. The van der Waals surface area contributed by atoms with Crippen LogP contribution in [0.2, 0.25) is 0 Å². The highest BCUT2D eigenvalue weighted by atomic mass is 32.2. The van der Waals surface area contributed by atoms with Crippen molar-refractivity contribution in [1.29, 1.82) is 0 Å². The molecule has 0 aromatic heterocycles. The van der Waals surface area contributed by atoms with Crippen LogP contribution in [0.5, 0.6) is 0 Å². The molecule has 1 aliphatic heterocycles. The summed E-state index contributed by atoms with van der Waals surface area (Å²) in [7, 11) is -0.495. The van der Waals surface area contributed by atoms with Gasteiger partial charge >= 0.3 is 5.97 Å². The molecule has 0 aliphatic carbocycles. The van der Waals surface area contributed by atoms with Gasteiger partial charge in [-0.3, -0.25) is 9.00 Å². The lowest BCUT2D eigenvalue weighted by atomic mass is 10.2. The highest BCUT2D eigenvalue weighted by Gasteiger charge is 2.55. The molecule has 2 atom stereocenters. The molecule has 1 aliphatic rings. The second-order valence-electron chi connectivity index (χ2n) is 2.56. The molecule has 0 N–H and O–H groups in total. The SMILES string of the molecule is COC(=O)[C@]1(C(C)=O)OCCS1=O. The van der Waals surface area contributed by atoms with Crippen molar-refractivity contribution in [2.45, 2.75) is 11.9 Å². The first-order chi connectivity index (χ1) is 6.05. The lowest BCUT2D eigenvalue weighted by molar-refractivity contribution is -0.161. The molecule has 0 aromatic carbocycles. The van der Waals surface area contributed by atoms with E-state index in [1.165, 1.54) is 6.92 Å². The minimum absolute atomic E-state index is 0.140. The van der Waals surface area contributed by atoms with E-state index in [1.54, 1.807) is 0 Å². The average Bonchev–Trinajstić information content (AvgIpc) is 2.47. The van der Waals surface area contributed by atoms with Crippen molar-refractivity contribution >= 4 is 22.6 Å². The molecular weight excluding hydrogens is 196 g/mol. The number of carbonyl (C=O) groups excluding carboxylic acids is 2. The average molecular weight is 206 g/mol. The predicted octanol–water partition coefficient (Wildman–Crippen LogP) is -0.776. The minimum Gasteiger partial charge on any atom is -0.466 e. The summed E-state index contributed by atoms with van der Waals surface area (Å²) in [6, 6.07) is 0. The summed E-state index contributed by atoms with van der Waals surface area (Å²) in [5.41, 5.74) is 0. The molecule has 1 heterocycles. The Bertz CT molecular complexity index is 274. The van der Waals surface area contributed by atoms with Crippen LogP contribution in [0, 0.1) is 0 Å². The van der Waals surface area contributed by atoms with Gasteiger partial charge in [-0.15, -0.1) is 0 Å². The summed E-state index contributed by atoms with van der Waals surface area (Å²) < 4.78 is 20.7. The lowest BCUT2D eigenvalue weighted by Gasteiger charge is -2.19. The molecule has 0 saturated carbocycles. The molecule has 6 heteroatoms. The van der Waals surface area contributed by atoms with Gasteiger partial charge < -0.3 is 9.47 Å². The smallest absolute Gasteiger partial charge is 0.359 e. The largest absolute Gasteiger partial charge is 0.466 e. The Kier molecular flexibility index (Phi) is 2.82. The van der Waals surface area contributed by atoms with Crippen molar-refractivity contribution in [3.63, 3.8) is 0 Å². The van der Waals surface area contributed by atoms with Gasteiger partial charge in [-0.05, 0) is 6.92 Å². The van der Waals surface area contributed by atoms with E-state index in [-0.39, 0.29) is 12.4 Å². The van der Waals surface area contributed by atoms with Crippen molar-refractivity contribution in [2.75, 3.05) is 19.5 Å². The van der Waals surface area contributed by atoms with Crippen molar-refractivity contribution in [3.05, 3.63) is 0 Å². The summed E-state index contributed by atoms with van der Waals surface area (Å²) in [4.78, 5) is 20.5. The fourth-order valence-electron chi connectivity index (χ4n) is 1.16. The molecule has 74 valence electrons. The van der Waals surface area contributed by atoms with Gasteiger partial charge in [0.15, 0.2) is 5.78 Å². The Balaban J connectivity index is 3.08. The molecule has 1 unspecified atom stereocenters. The number of hydrogen-bond donors (Lipinski definition) is 0. The van der Waals surface area contributed by atoms with E-state index in [4.69, 9.17) is 4.74 Å². The number of hydrogen-bond acceptors (Lipinski definition) is 5. The molecule has 1 rings (SSSR count). The van der Waals surface area contributed by atoms with E-state index in [0.29, 0.717) is 0 Å². The van der Waals surface area contributed by atoms with Crippen LogP contribution in [0.1, 0.15) is 6.92 Å². The summed E-state index contributed by atoms with van der Waals surface area (Å²) in [5, 5.41) is 0. The normalized spacial score (nSPS) is 32.9. The van der Waals surface area contributed by atoms with E-state index in [9.17, 15) is 13.8 Å².